The molecule has 1 fully saturated rings. The monoisotopic (exact) mass is 460 g/mol. The Labute approximate surface area is 194 Å². The molecular formula is C24H24N6O4. The van der Waals surface area contributed by atoms with E-state index in [4.69, 9.17) is 9.47 Å². The maximum absolute atomic E-state index is 13.7. The quantitative estimate of drug-likeness (QED) is 0.499. The fraction of sp³-hybridized carbons (Fsp3) is 0.375. The second-order valence-electron chi connectivity index (χ2n) is 8.80. The summed E-state index contributed by atoms with van der Waals surface area (Å²) in [6.07, 6.45) is 4.05. The zero-order chi connectivity index (χ0) is 23.4. The second kappa shape index (κ2) is 7.91. The number of anilines is 1. The number of pyridine rings is 1. The average Bonchev–Trinajstić information content (AvgIpc) is 3.49. The molecule has 0 radical (unpaired) electrons. The third-order valence-electron chi connectivity index (χ3n) is 6.83. The van der Waals surface area contributed by atoms with Gasteiger partial charge in [-0.1, -0.05) is 0 Å². The second-order valence-corrected chi connectivity index (χ2v) is 8.80. The van der Waals surface area contributed by atoms with Gasteiger partial charge in [-0.25, -0.2) is 4.98 Å². The number of nitrogens with zero attached hydrogens (tertiary/aromatic N) is 5. The van der Waals surface area contributed by atoms with Crippen molar-refractivity contribution < 1.29 is 14.3 Å². The van der Waals surface area contributed by atoms with E-state index in [0.717, 1.165) is 41.9 Å². The van der Waals surface area contributed by atoms with E-state index in [1.54, 1.807) is 18.2 Å². The molecule has 4 aromatic rings. The van der Waals surface area contributed by atoms with Gasteiger partial charge < -0.3 is 19.4 Å². The first kappa shape index (κ1) is 20.8. The van der Waals surface area contributed by atoms with E-state index in [1.165, 1.54) is 0 Å². The molecule has 2 aliphatic rings. The third kappa shape index (κ3) is 3.17. The first-order chi connectivity index (χ1) is 16.5. The van der Waals surface area contributed by atoms with Gasteiger partial charge in [-0.05, 0) is 49.4 Å². The average molecular weight is 460 g/mol. The molecule has 34 heavy (non-hydrogen) atoms. The number of H-pyrrole nitrogens is 1. The summed E-state index contributed by atoms with van der Waals surface area (Å²) in [5.41, 5.74) is 4.47. The van der Waals surface area contributed by atoms with E-state index in [0.29, 0.717) is 42.2 Å². The van der Waals surface area contributed by atoms with Crippen molar-refractivity contribution in [2.45, 2.75) is 32.1 Å². The van der Waals surface area contributed by atoms with Crippen LogP contribution in [0.3, 0.4) is 0 Å². The Kier molecular flexibility index (Phi) is 4.84. The number of fused-ring (bicyclic) bond motifs is 4. The summed E-state index contributed by atoms with van der Waals surface area (Å²) in [7, 11) is 1.58. The SMILES string of the molecule is COc1cc2c(cn1)N(C(=O)c1cc3c(cc1C)[nH]c(=O)c1nnc(C4CCOCC4)n13)CC2. The van der Waals surface area contributed by atoms with Crippen LogP contribution in [-0.2, 0) is 11.2 Å². The van der Waals surface area contributed by atoms with Gasteiger partial charge in [-0.2, -0.15) is 0 Å². The van der Waals surface area contributed by atoms with Gasteiger partial charge in [-0.15, -0.1) is 10.2 Å². The van der Waals surface area contributed by atoms with Crippen molar-refractivity contribution in [1.29, 1.82) is 0 Å². The predicted octanol–water partition coefficient (Wildman–Crippen LogP) is 2.38. The summed E-state index contributed by atoms with van der Waals surface area (Å²) in [5, 5.41) is 8.55. The topological polar surface area (TPSA) is 115 Å². The molecule has 10 heteroatoms. The maximum atomic E-state index is 13.7. The number of carbonyl (C=O) groups excluding carboxylic acids is 1. The van der Waals surface area contributed by atoms with Crippen LogP contribution in [0.15, 0.2) is 29.2 Å². The van der Waals surface area contributed by atoms with Crippen LogP contribution in [0, 0.1) is 6.92 Å². The predicted molar refractivity (Wildman–Crippen MR) is 125 cm³/mol. The van der Waals surface area contributed by atoms with Crippen LogP contribution in [0.25, 0.3) is 16.7 Å². The Morgan fingerprint density at radius 2 is 2.03 bits per heavy atom. The van der Waals surface area contributed by atoms with Gasteiger partial charge in [0.15, 0.2) is 0 Å². The summed E-state index contributed by atoms with van der Waals surface area (Å²) in [5.74, 6) is 1.31. The highest BCUT2D eigenvalue weighted by molar-refractivity contribution is 6.09. The van der Waals surface area contributed by atoms with E-state index < -0.39 is 0 Å². The number of aromatic nitrogens is 5. The molecule has 1 N–H and O–H groups in total. The fourth-order valence-electron chi connectivity index (χ4n) is 5.02. The largest absolute Gasteiger partial charge is 0.481 e. The fourth-order valence-corrected chi connectivity index (χ4v) is 5.02. The Morgan fingerprint density at radius 3 is 2.82 bits per heavy atom. The number of benzene rings is 1. The van der Waals surface area contributed by atoms with E-state index in [-0.39, 0.29) is 23.0 Å². The Bertz CT molecular complexity index is 1500. The van der Waals surface area contributed by atoms with Gasteiger partial charge in [0, 0.05) is 37.3 Å². The number of carbonyl (C=O) groups is 1. The van der Waals surface area contributed by atoms with Crippen molar-refractivity contribution >= 4 is 28.3 Å². The van der Waals surface area contributed by atoms with E-state index in [2.05, 4.69) is 20.2 Å². The lowest BCUT2D eigenvalue weighted by atomic mass is 9.99. The summed E-state index contributed by atoms with van der Waals surface area (Å²) in [6.45, 7) is 3.75. The highest BCUT2D eigenvalue weighted by Crippen LogP contribution is 2.32. The van der Waals surface area contributed by atoms with Crippen LogP contribution >= 0.6 is 0 Å². The lowest BCUT2D eigenvalue weighted by Gasteiger charge is -2.21. The Morgan fingerprint density at radius 1 is 1.21 bits per heavy atom. The van der Waals surface area contributed by atoms with Crippen molar-refractivity contribution in [2.24, 2.45) is 0 Å². The van der Waals surface area contributed by atoms with E-state index in [9.17, 15) is 9.59 Å². The molecule has 10 nitrogen and oxygen atoms in total. The maximum Gasteiger partial charge on any atom is 0.294 e. The van der Waals surface area contributed by atoms with Crippen molar-refractivity contribution in [1.82, 2.24) is 24.6 Å². The minimum absolute atomic E-state index is 0.106. The van der Waals surface area contributed by atoms with Crippen molar-refractivity contribution in [3.05, 3.63) is 57.3 Å². The zero-order valence-electron chi connectivity index (χ0n) is 19.0. The molecule has 0 spiro atoms. The molecule has 1 saturated heterocycles. The smallest absolute Gasteiger partial charge is 0.294 e. The van der Waals surface area contributed by atoms with Gasteiger partial charge in [-0.3, -0.25) is 14.0 Å². The Balaban J connectivity index is 1.49. The minimum Gasteiger partial charge on any atom is -0.481 e. The number of hydrogen-bond donors (Lipinski definition) is 1. The van der Waals surface area contributed by atoms with Crippen LogP contribution in [-0.4, -0.2) is 57.3 Å². The zero-order valence-corrected chi connectivity index (χ0v) is 19.0. The summed E-state index contributed by atoms with van der Waals surface area (Å²) in [4.78, 5) is 35.4. The molecule has 1 aromatic carbocycles. The van der Waals surface area contributed by atoms with Crippen LogP contribution in [0.5, 0.6) is 5.88 Å². The standard InChI is InChI=1S/C24H24N6O4/c1-13-9-17-18(30-21(14-4-7-34-8-5-14)27-28-22(30)23(31)26-17)11-16(13)24(32)29-6-3-15-10-20(33-2)25-12-19(15)29/h9-12,14H,3-8H2,1-2H3,(H,26,31). The summed E-state index contributed by atoms with van der Waals surface area (Å²) < 4.78 is 12.5. The normalized spacial score (nSPS) is 16.4. The number of aryl methyl sites for hydroxylation is 1. The molecule has 5 heterocycles. The van der Waals surface area contributed by atoms with Crippen molar-refractivity contribution in [2.75, 3.05) is 31.8 Å². The number of ether oxygens (including phenoxy) is 2. The lowest BCUT2D eigenvalue weighted by Crippen LogP contribution is -2.29. The molecule has 0 unspecified atom stereocenters. The molecule has 2 aliphatic heterocycles. The first-order valence-corrected chi connectivity index (χ1v) is 11.4. The van der Waals surface area contributed by atoms with Gasteiger partial charge in [0.1, 0.15) is 5.82 Å². The highest BCUT2D eigenvalue weighted by Gasteiger charge is 2.29. The number of nitrogens with one attached hydrogen (secondary N) is 1. The molecule has 0 aliphatic carbocycles. The number of hydrogen-bond acceptors (Lipinski definition) is 7. The van der Waals surface area contributed by atoms with E-state index in [1.807, 2.05) is 29.5 Å². The number of rotatable bonds is 3. The summed E-state index contributed by atoms with van der Waals surface area (Å²) in [6, 6.07) is 5.57. The van der Waals surface area contributed by atoms with Crippen molar-refractivity contribution in [3.63, 3.8) is 0 Å². The number of amides is 1. The molecule has 6 rings (SSSR count). The number of methoxy groups -OCH3 is 1. The molecule has 1 amide bonds. The molecule has 0 bridgehead atoms. The van der Waals surface area contributed by atoms with Crippen LogP contribution in [0.4, 0.5) is 5.69 Å². The lowest BCUT2D eigenvalue weighted by molar-refractivity contribution is 0.0834. The van der Waals surface area contributed by atoms with E-state index >= 15 is 0 Å². The van der Waals surface area contributed by atoms with Crippen LogP contribution < -0.4 is 15.2 Å². The van der Waals surface area contributed by atoms with Gasteiger partial charge in [0.05, 0.1) is 30.0 Å². The Hall–Kier alpha value is -3.79. The van der Waals surface area contributed by atoms with Gasteiger partial charge in [0.25, 0.3) is 11.5 Å². The summed E-state index contributed by atoms with van der Waals surface area (Å²) >= 11 is 0. The molecule has 0 saturated carbocycles. The molecular weight excluding hydrogens is 436 g/mol. The molecule has 0 atom stereocenters. The first-order valence-electron chi connectivity index (χ1n) is 11.4. The third-order valence-corrected chi connectivity index (χ3v) is 6.83. The van der Waals surface area contributed by atoms with Gasteiger partial charge in [0.2, 0.25) is 11.5 Å². The molecule has 3 aromatic heterocycles. The minimum atomic E-state index is -0.301. The number of aromatic amines is 1. The molecule has 174 valence electrons. The van der Waals surface area contributed by atoms with Crippen LogP contribution in [0.2, 0.25) is 0 Å². The van der Waals surface area contributed by atoms with Crippen LogP contribution in [0.1, 0.15) is 46.1 Å². The van der Waals surface area contributed by atoms with Gasteiger partial charge >= 0.3 is 0 Å². The van der Waals surface area contributed by atoms with Crippen molar-refractivity contribution in [3.8, 4) is 5.88 Å². The highest BCUT2D eigenvalue weighted by atomic mass is 16.5.